The molecule has 1 saturated heterocycles. The van der Waals surface area contributed by atoms with E-state index in [1.807, 2.05) is 0 Å². The van der Waals surface area contributed by atoms with Crippen molar-refractivity contribution < 1.29 is 9.90 Å². The lowest BCUT2D eigenvalue weighted by Crippen LogP contribution is -2.44. The number of nitrogens with one attached hydrogen (secondary N) is 1. The van der Waals surface area contributed by atoms with Crippen molar-refractivity contribution >= 4 is 5.91 Å². The first kappa shape index (κ1) is 15.4. The summed E-state index contributed by atoms with van der Waals surface area (Å²) in [6.45, 7) is 8.60. The highest BCUT2D eigenvalue weighted by Gasteiger charge is 2.19. The zero-order valence-electron chi connectivity index (χ0n) is 12.0. The first-order valence-electron chi connectivity index (χ1n) is 7.17. The highest BCUT2D eigenvalue weighted by Crippen LogP contribution is 2.09. The molecule has 1 unspecified atom stereocenters. The van der Waals surface area contributed by atoms with Crippen LogP contribution in [0.25, 0.3) is 0 Å². The molecular weight excluding hydrogens is 228 g/mol. The zero-order valence-corrected chi connectivity index (χ0v) is 12.0. The van der Waals surface area contributed by atoms with Crippen molar-refractivity contribution in [3.63, 3.8) is 0 Å². The molecule has 106 valence electrons. The van der Waals surface area contributed by atoms with E-state index in [1.165, 1.54) is 0 Å². The summed E-state index contributed by atoms with van der Waals surface area (Å²) in [6.07, 6.45) is 3.60. The minimum Gasteiger partial charge on any atom is -0.393 e. The van der Waals surface area contributed by atoms with Crippen LogP contribution in [0.15, 0.2) is 0 Å². The van der Waals surface area contributed by atoms with Crippen molar-refractivity contribution in [1.29, 1.82) is 0 Å². The van der Waals surface area contributed by atoms with Gasteiger partial charge >= 0.3 is 0 Å². The molecule has 1 heterocycles. The summed E-state index contributed by atoms with van der Waals surface area (Å²) in [7, 11) is 0. The number of likely N-dealkylation sites (tertiary alicyclic amines) is 1. The maximum atomic E-state index is 11.8. The first-order valence-corrected chi connectivity index (χ1v) is 7.17. The molecule has 0 spiro atoms. The van der Waals surface area contributed by atoms with Crippen LogP contribution in [0.2, 0.25) is 0 Å². The summed E-state index contributed by atoms with van der Waals surface area (Å²) in [5.74, 6) is 0.801. The molecule has 4 heteroatoms. The molecule has 0 aliphatic carbocycles. The molecule has 0 aromatic heterocycles. The molecule has 2 N–H and O–H groups in total. The van der Waals surface area contributed by atoms with Crippen molar-refractivity contribution in [2.45, 2.75) is 58.6 Å². The molecule has 0 bridgehead atoms. The first-order chi connectivity index (χ1) is 8.47. The van der Waals surface area contributed by atoms with E-state index in [9.17, 15) is 9.90 Å². The molecular formula is C14H28N2O2. The Morgan fingerprint density at radius 2 is 1.89 bits per heavy atom. The van der Waals surface area contributed by atoms with E-state index in [-0.39, 0.29) is 18.1 Å². The van der Waals surface area contributed by atoms with Gasteiger partial charge < -0.3 is 10.4 Å². The Morgan fingerprint density at radius 3 is 2.44 bits per heavy atom. The number of hydrogen-bond donors (Lipinski definition) is 2. The van der Waals surface area contributed by atoms with Crippen LogP contribution in [0.1, 0.15) is 46.5 Å². The average molecular weight is 256 g/mol. The molecule has 4 nitrogen and oxygen atoms in total. The van der Waals surface area contributed by atoms with Crippen molar-refractivity contribution in [3.05, 3.63) is 0 Å². The third kappa shape index (κ3) is 6.36. The third-order valence-corrected chi connectivity index (χ3v) is 3.51. The fraction of sp³-hybridized carbons (Fsp3) is 0.929. The number of amides is 1. The largest absolute Gasteiger partial charge is 0.393 e. The quantitative estimate of drug-likeness (QED) is 0.755. The smallest absolute Gasteiger partial charge is 0.234 e. The minimum atomic E-state index is -0.172. The van der Waals surface area contributed by atoms with Gasteiger partial charge in [-0.1, -0.05) is 13.8 Å². The zero-order chi connectivity index (χ0) is 13.5. The Hall–Kier alpha value is -0.610. The van der Waals surface area contributed by atoms with Crippen molar-refractivity contribution in [3.8, 4) is 0 Å². The monoisotopic (exact) mass is 256 g/mol. The molecule has 1 aliphatic heterocycles. The Bertz CT molecular complexity index is 248. The summed E-state index contributed by atoms with van der Waals surface area (Å²) < 4.78 is 0. The fourth-order valence-corrected chi connectivity index (χ4v) is 2.26. The normalized spacial score (nSPS) is 20.1. The fourth-order valence-electron chi connectivity index (χ4n) is 2.26. The predicted octanol–water partition coefficient (Wildman–Crippen LogP) is 1.38. The summed E-state index contributed by atoms with van der Waals surface area (Å²) in [6, 6.07) is 0.260. The minimum absolute atomic E-state index is 0.114. The van der Waals surface area contributed by atoms with Gasteiger partial charge in [-0.3, -0.25) is 9.69 Å². The van der Waals surface area contributed by atoms with E-state index in [2.05, 4.69) is 31.0 Å². The van der Waals surface area contributed by atoms with E-state index in [4.69, 9.17) is 0 Å². The lowest BCUT2D eigenvalue weighted by molar-refractivity contribution is -0.123. The second-order valence-corrected chi connectivity index (χ2v) is 5.95. The molecule has 1 amide bonds. The summed E-state index contributed by atoms with van der Waals surface area (Å²) in [5, 5.41) is 12.5. The van der Waals surface area contributed by atoms with Gasteiger partial charge in [0.1, 0.15) is 0 Å². The lowest BCUT2D eigenvalue weighted by atomic mass is 10.0. The van der Waals surface area contributed by atoms with Gasteiger partial charge in [0, 0.05) is 19.1 Å². The SMILES string of the molecule is CC(C)CCC(C)NC(=O)CN1CCC(O)CC1. The highest BCUT2D eigenvalue weighted by molar-refractivity contribution is 5.78. The van der Waals surface area contributed by atoms with Crippen molar-refractivity contribution in [2.24, 2.45) is 5.92 Å². The van der Waals surface area contributed by atoms with Crippen molar-refractivity contribution in [2.75, 3.05) is 19.6 Å². The van der Waals surface area contributed by atoms with Gasteiger partial charge in [-0.2, -0.15) is 0 Å². The topological polar surface area (TPSA) is 52.6 Å². The summed E-state index contributed by atoms with van der Waals surface area (Å²) in [5.41, 5.74) is 0. The van der Waals surface area contributed by atoms with Crippen LogP contribution < -0.4 is 5.32 Å². The second-order valence-electron chi connectivity index (χ2n) is 5.95. The number of carbonyl (C=O) groups is 1. The van der Waals surface area contributed by atoms with E-state index in [0.717, 1.165) is 38.8 Å². The van der Waals surface area contributed by atoms with Crippen LogP contribution >= 0.6 is 0 Å². The van der Waals surface area contributed by atoms with Gasteiger partial charge in [0.2, 0.25) is 5.91 Å². The number of aliphatic hydroxyl groups is 1. The van der Waals surface area contributed by atoms with Crippen LogP contribution in [-0.4, -0.2) is 47.7 Å². The second kappa shape index (κ2) is 7.74. The van der Waals surface area contributed by atoms with Crippen LogP contribution in [0, 0.1) is 5.92 Å². The molecule has 0 radical (unpaired) electrons. The average Bonchev–Trinajstić information content (AvgIpc) is 2.29. The molecule has 1 fully saturated rings. The summed E-state index contributed by atoms with van der Waals surface area (Å²) >= 11 is 0. The Morgan fingerprint density at radius 1 is 1.28 bits per heavy atom. The molecule has 18 heavy (non-hydrogen) atoms. The van der Waals surface area contributed by atoms with Crippen molar-refractivity contribution in [1.82, 2.24) is 10.2 Å². The van der Waals surface area contributed by atoms with Crippen LogP contribution in [0.5, 0.6) is 0 Å². The maximum Gasteiger partial charge on any atom is 0.234 e. The van der Waals surface area contributed by atoms with E-state index < -0.39 is 0 Å². The standard InChI is InChI=1S/C14H28N2O2/c1-11(2)4-5-12(3)15-14(18)10-16-8-6-13(17)7-9-16/h11-13,17H,4-10H2,1-3H3,(H,15,18). The number of piperidine rings is 1. The van der Waals surface area contributed by atoms with Gasteiger partial charge in [0.05, 0.1) is 12.6 Å². The number of rotatable bonds is 6. The van der Waals surface area contributed by atoms with Crippen LogP contribution in [0.3, 0.4) is 0 Å². The summed E-state index contributed by atoms with van der Waals surface area (Å²) in [4.78, 5) is 14.0. The highest BCUT2D eigenvalue weighted by atomic mass is 16.3. The molecule has 0 saturated carbocycles. The van der Waals surface area contributed by atoms with Gasteiger partial charge in [-0.15, -0.1) is 0 Å². The number of carbonyl (C=O) groups excluding carboxylic acids is 1. The number of aliphatic hydroxyl groups excluding tert-OH is 1. The predicted molar refractivity (Wildman–Crippen MR) is 73.4 cm³/mol. The molecule has 0 aromatic rings. The Kier molecular flexibility index (Phi) is 6.65. The van der Waals surface area contributed by atoms with Crippen LogP contribution in [-0.2, 0) is 4.79 Å². The van der Waals surface area contributed by atoms with E-state index in [1.54, 1.807) is 0 Å². The van der Waals surface area contributed by atoms with Crippen LogP contribution in [0.4, 0.5) is 0 Å². The third-order valence-electron chi connectivity index (χ3n) is 3.51. The van der Waals surface area contributed by atoms with Gasteiger partial charge in [0.25, 0.3) is 0 Å². The van der Waals surface area contributed by atoms with Gasteiger partial charge in [-0.05, 0) is 38.5 Å². The van der Waals surface area contributed by atoms with E-state index >= 15 is 0 Å². The lowest BCUT2D eigenvalue weighted by Gasteiger charge is -2.29. The molecule has 0 aromatic carbocycles. The number of hydrogen-bond acceptors (Lipinski definition) is 3. The molecule has 1 atom stereocenters. The van der Waals surface area contributed by atoms with E-state index in [0.29, 0.717) is 12.5 Å². The Balaban J connectivity index is 2.16. The molecule has 1 rings (SSSR count). The Labute approximate surface area is 111 Å². The van der Waals surface area contributed by atoms with Gasteiger partial charge in [-0.25, -0.2) is 0 Å². The maximum absolute atomic E-state index is 11.8. The number of nitrogens with zero attached hydrogens (tertiary/aromatic N) is 1. The molecule has 1 aliphatic rings. The van der Waals surface area contributed by atoms with Gasteiger partial charge in [0.15, 0.2) is 0 Å².